The van der Waals surface area contributed by atoms with Crippen molar-refractivity contribution in [1.29, 1.82) is 0 Å². The zero-order valence-electron chi connectivity index (χ0n) is 17.9. The monoisotopic (exact) mass is 365 g/mol. The van der Waals surface area contributed by atoms with Gasteiger partial charge in [-0.3, -0.25) is 0 Å². The molecule has 0 radical (unpaired) electrons. The molecule has 0 bridgehead atoms. The van der Waals surface area contributed by atoms with E-state index >= 15 is 0 Å². The summed E-state index contributed by atoms with van der Waals surface area (Å²) in [5.74, 6) is 0. The third-order valence-corrected chi connectivity index (χ3v) is 5.89. The molecule has 154 valence electrons. The van der Waals surface area contributed by atoms with Gasteiger partial charge in [0.1, 0.15) is 0 Å². The second kappa shape index (κ2) is 16.8. The molecule has 1 saturated carbocycles. The summed E-state index contributed by atoms with van der Waals surface area (Å²) in [6.07, 6.45) is 24.6. The van der Waals surface area contributed by atoms with Gasteiger partial charge in [-0.15, -0.1) is 0 Å². The summed E-state index contributed by atoms with van der Waals surface area (Å²) in [7, 11) is 0. The zero-order valence-corrected chi connectivity index (χ0v) is 17.9. The molecule has 0 aromatic carbocycles. The molecule has 2 heteroatoms. The van der Waals surface area contributed by atoms with Crippen LogP contribution in [0.25, 0.3) is 0 Å². The summed E-state index contributed by atoms with van der Waals surface area (Å²) < 4.78 is 0. The molecule has 0 spiro atoms. The van der Waals surface area contributed by atoms with Crippen molar-refractivity contribution in [2.75, 3.05) is 6.54 Å². The molecule has 0 aromatic heterocycles. The van der Waals surface area contributed by atoms with E-state index in [1.807, 2.05) is 0 Å². The normalized spacial score (nSPS) is 22.2. The van der Waals surface area contributed by atoms with Gasteiger partial charge in [0, 0.05) is 6.04 Å². The van der Waals surface area contributed by atoms with Crippen LogP contribution in [0, 0.1) is 0 Å². The van der Waals surface area contributed by atoms with Crippen molar-refractivity contribution in [3.63, 3.8) is 0 Å². The van der Waals surface area contributed by atoms with E-state index in [1.165, 1.54) is 95.5 Å². The first-order valence-corrected chi connectivity index (χ1v) is 11.9. The Balaban J connectivity index is 2.01. The van der Waals surface area contributed by atoms with Gasteiger partial charge in [0.15, 0.2) is 0 Å². The van der Waals surface area contributed by atoms with Gasteiger partial charge in [0.05, 0.1) is 6.10 Å². The first-order valence-electron chi connectivity index (χ1n) is 11.9. The lowest BCUT2D eigenvalue weighted by Crippen LogP contribution is -2.43. The highest BCUT2D eigenvalue weighted by molar-refractivity contribution is 5.14. The molecule has 1 rings (SSSR count). The molecular formula is C24H47NO. The van der Waals surface area contributed by atoms with Crippen LogP contribution in [0.2, 0.25) is 0 Å². The Kier molecular flexibility index (Phi) is 15.3. The molecule has 26 heavy (non-hydrogen) atoms. The average molecular weight is 366 g/mol. The van der Waals surface area contributed by atoms with Gasteiger partial charge in [-0.2, -0.15) is 0 Å². The van der Waals surface area contributed by atoms with E-state index in [9.17, 15) is 5.11 Å². The quantitative estimate of drug-likeness (QED) is 0.230. The van der Waals surface area contributed by atoms with Crippen molar-refractivity contribution in [2.45, 2.75) is 135 Å². The number of aliphatic hydroxyl groups is 1. The van der Waals surface area contributed by atoms with Crippen LogP contribution in [-0.4, -0.2) is 23.8 Å². The number of aliphatic hydroxyl groups excluding tert-OH is 1. The van der Waals surface area contributed by atoms with Crippen LogP contribution >= 0.6 is 0 Å². The Morgan fingerprint density at radius 3 is 2.04 bits per heavy atom. The first-order chi connectivity index (χ1) is 12.8. The molecule has 0 amide bonds. The Bertz CT molecular complexity index is 339. The van der Waals surface area contributed by atoms with Gasteiger partial charge in [-0.05, 0) is 50.6 Å². The summed E-state index contributed by atoms with van der Waals surface area (Å²) in [6, 6.07) is 0.291. The van der Waals surface area contributed by atoms with Gasteiger partial charge >= 0.3 is 0 Å². The van der Waals surface area contributed by atoms with Crippen molar-refractivity contribution in [2.24, 2.45) is 0 Å². The van der Waals surface area contributed by atoms with E-state index < -0.39 is 0 Å². The minimum Gasteiger partial charge on any atom is -0.387 e. The summed E-state index contributed by atoms with van der Waals surface area (Å²) >= 11 is 0. The Labute approximate surface area is 164 Å². The summed E-state index contributed by atoms with van der Waals surface area (Å²) in [5, 5.41) is 14.1. The Morgan fingerprint density at radius 2 is 1.42 bits per heavy atom. The van der Waals surface area contributed by atoms with E-state index in [1.54, 1.807) is 0 Å². The minimum atomic E-state index is -0.242. The molecule has 0 heterocycles. The van der Waals surface area contributed by atoms with E-state index in [-0.39, 0.29) is 6.10 Å². The van der Waals surface area contributed by atoms with E-state index in [0.29, 0.717) is 6.04 Å². The fourth-order valence-corrected chi connectivity index (χ4v) is 4.09. The number of unbranched alkanes of at least 4 members (excludes halogenated alkanes) is 12. The summed E-state index contributed by atoms with van der Waals surface area (Å²) in [6.45, 7) is 5.55. The smallest absolute Gasteiger partial charge is 0.0903 e. The predicted octanol–water partition coefficient (Wildman–Crippen LogP) is 6.92. The predicted molar refractivity (Wildman–Crippen MR) is 116 cm³/mol. The summed E-state index contributed by atoms with van der Waals surface area (Å²) in [4.78, 5) is 0. The van der Waals surface area contributed by atoms with Gasteiger partial charge in [-0.25, -0.2) is 0 Å². The lowest BCUT2D eigenvalue weighted by molar-refractivity contribution is 0.135. The van der Waals surface area contributed by atoms with Gasteiger partial charge in [0.2, 0.25) is 0 Å². The molecule has 1 aliphatic carbocycles. The van der Waals surface area contributed by atoms with Gasteiger partial charge in [-0.1, -0.05) is 90.6 Å². The maximum atomic E-state index is 10.6. The van der Waals surface area contributed by atoms with Crippen LogP contribution in [0.15, 0.2) is 11.6 Å². The fourth-order valence-electron chi connectivity index (χ4n) is 4.09. The third-order valence-electron chi connectivity index (χ3n) is 5.89. The lowest BCUT2D eigenvalue weighted by Gasteiger charge is -2.31. The first kappa shape index (κ1) is 23.7. The average Bonchev–Trinajstić information content (AvgIpc) is 2.65. The minimum absolute atomic E-state index is 0.242. The molecule has 0 aromatic rings. The van der Waals surface area contributed by atoms with E-state index in [0.717, 1.165) is 25.8 Å². The molecular weight excluding hydrogens is 318 g/mol. The molecule has 0 aliphatic heterocycles. The Morgan fingerprint density at radius 1 is 0.846 bits per heavy atom. The van der Waals surface area contributed by atoms with Crippen molar-refractivity contribution >= 4 is 0 Å². The van der Waals surface area contributed by atoms with Crippen LogP contribution in [0.3, 0.4) is 0 Å². The maximum Gasteiger partial charge on any atom is 0.0903 e. The van der Waals surface area contributed by atoms with E-state index in [4.69, 9.17) is 0 Å². The van der Waals surface area contributed by atoms with Crippen molar-refractivity contribution in [1.82, 2.24) is 5.32 Å². The molecule has 0 unspecified atom stereocenters. The topological polar surface area (TPSA) is 32.3 Å². The largest absolute Gasteiger partial charge is 0.387 e. The Hall–Kier alpha value is -0.340. The number of hydrogen-bond acceptors (Lipinski definition) is 2. The lowest BCUT2D eigenvalue weighted by atomic mass is 9.87. The van der Waals surface area contributed by atoms with Gasteiger partial charge < -0.3 is 10.4 Å². The van der Waals surface area contributed by atoms with Crippen molar-refractivity contribution < 1.29 is 5.11 Å². The van der Waals surface area contributed by atoms with Crippen LogP contribution in [-0.2, 0) is 0 Å². The number of nitrogens with one attached hydrogen (secondary N) is 1. The second-order valence-electron chi connectivity index (χ2n) is 8.35. The zero-order chi connectivity index (χ0) is 18.9. The number of allylic oxidation sites excluding steroid dienone is 1. The molecule has 2 atom stereocenters. The molecule has 2 nitrogen and oxygen atoms in total. The van der Waals surface area contributed by atoms with Crippen molar-refractivity contribution in [3.05, 3.63) is 11.6 Å². The molecule has 0 saturated heterocycles. The molecule has 2 N–H and O–H groups in total. The van der Waals surface area contributed by atoms with Gasteiger partial charge in [0.25, 0.3) is 0 Å². The van der Waals surface area contributed by atoms with Crippen LogP contribution < -0.4 is 5.32 Å². The summed E-state index contributed by atoms with van der Waals surface area (Å²) in [5.41, 5.74) is 1.30. The highest BCUT2D eigenvalue weighted by Crippen LogP contribution is 2.25. The number of hydrogen-bond donors (Lipinski definition) is 2. The van der Waals surface area contributed by atoms with Crippen LogP contribution in [0.4, 0.5) is 0 Å². The SMILES string of the molecule is CCCCCCCCCCCCC/C=C1/CCC[C@H](NCCCC)[C@H]1O. The van der Waals surface area contributed by atoms with Crippen molar-refractivity contribution in [3.8, 4) is 0 Å². The standard InChI is InChI=1S/C24H47NO/c1-3-5-7-8-9-10-11-12-13-14-15-16-18-22-19-17-20-23(24(22)26)25-21-6-4-2/h18,23-26H,3-17,19-21H2,1-2H3/b22-18-/t23-,24-/m0/s1. The highest BCUT2D eigenvalue weighted by Gasteiger charge is 2.25. The molecule has 1 aliphatic rings. The maximum absolute atomic E-state index is 10.6. The van der Waals surface area contributed by atoms with Crippen LogP contribution in [0.1, 0.15) is 123 Å². The third kappa shape index (κ3) is 11.4. The molecule has 1 fully saturated rings. The second-order valence-corrected chi connectivity index (χ2v) is 8.35. The van der Waals surface area contributed by atoms with E-state index in [2.05, 4.69) is 25.2 Å². The fraction of sp³-hybridized carbons (Fsp3) is 0.917. The van der Waals surface area contributed by atoms with Crippen LogP contribution in [0.5, 0.6) is 0 Å². The highest BCUT2D eigenvalue weighted by atomic mass is 16.3. The number of rotatable bonds is 16.